The Balaban J connectivity index is 4.51. The molecule has 18 heavy (non-hydrogen) atoms. The Morgan fingerprint density at radius 2 is 1.83 bits per heavy atom. The van der Waals surface area contributed by atoms with Crippen molar-refractivity contribution in [3.63, 3.8) is 0 Å². The Kier molecular flexibility index (Phi) is 8.06. The summed E-state index contributed by atoms with van der Waals surface area (Å²) < 4.78 is 0. The number of aliphatic hydroxyl groups excluding tert-OH is 2. The summed E-state index contributed by atoms with van der Waals surface area (Å²) in [5.74, 6) is -1.18. The number of amides is 2. The molecule has 0 aromatic carbocycles. The van der Waals surface area contributed by atoms with Crippen molar-refractivity contribution < 1.29 is 24.9 Å². The molecule has 0 aliphatic carbocycles. The van der Waals surface area contributed by atoms with Crippen LogP contribution in [0.4, 0.5) is 4.79 Å². The molecular formula is C11H22N2O5. The zero-order valence-electron chi connectivity index (χ0n) is 10.8. The van der Waals surface area contributed by atoms with Gasteiger partial charge in [-0.2, -0.15) is 0 Å². The Bertz CT molecular complexity index is 270. The molecule has 0 unspecified atom stereocenters. The van der Waals surface area contributed by atoms with Crippen LogP contribution in [0.1, 0.15) is 26.7 Å². The highest BCUT2D eigenvalue weighted by Crippen LogP contribution is 2.02. The van der Waals surface area contributed by atoms with E-state index in [4.69, 9.17) is 15.3 Å². The number of carbonyl (C=O) groups is 2. The van der Waals surface area contributed by atoms with Crippen LogP contribution in [0.15, 0.2) is 0 Å². The highest BCUT2D eigenvalue weighted by Gasteiger charge is 2.23. The number of rotatable bonds is 8. The van der Waals surface area contributed by atoms with Crippen molar-refractivity contribution >= 4 is 12.0 Å². The molecule has 0 aromatic heterocycles. The monoisotopic (exact) mass is 262 g/mol. The van der Waals surface area contributed by atoms with Crippen LogP contribution in [0.2, 0.25) is 0 Å². The lowest BCUT2D eigenvalue weighted by Gasteiger charge is -2.28. The van der Waals surface area contributed by atoms with E-state index in [0.29, 0.717) is 13.0 Å². The maximum Gasteiger partial charge on any atom is 0.326 e. The maximum absolute atomic E-state index is 11.9. The van der Waals surface area contributed by atoms with Crippen molar-refractivity contribution in [3.8, 4) is 0 Å². The number of carbonyl (C=O) groups excluding carboxylic acids is 1. The number of aliphatic hydroxyl groups is 2. The van der Waals surface area contributed by atoms with Crippen LogP contribution < -0.4 is 5.32 Å². The number of hydrogen-bond acceptors (Lipinski definition) is 4. The fourth-order valence-electron chi connectivity index (χ4n) is 1.45. The van der Waals surface area contributed by atoms with Crippen LogP contribution in [0, 0.1) is 0 Å². The first-order chi connectivity index (χ1) is 8.43. The van der Waals surface area contributed by atoms with Crippen molar-refractivity contribution in [1.82, 2.24) is 10.2 Å². The lowest BCUT2D eigenvalue weighted by Crippen LogP contribution is -2.50. The second kappa shape index (κ2) is 8.71. The summed E-state index contributed by atoms with van der Waals surface area (Å²) in [5.41, 5.74) is 0. The number of urea groups is 1. The minimum Gasteiger partial charge on any atom is -0.480 e. The van der Waals surface area contributed by atoms with Crippen LogP contribution >= 0.6 is 0 Å². The molecule has 0 aliphatic rings. The van der Waals surface area contributed by atoms with Gasteiger partial charge in [0.25, 0.3) is 0 Å². The molecule has 0 saturated carbocycles. The fourth-order valence-corrected chi connectivity index (χ4v) is 1.45. The molecule has 0 spiro atoms. The molecule has 4 N–H and O–H groups in total. The summed E-state index contributed by atoms with van der Waals surface area (Å²) in [4.78, 5) is 24.2. The van der Waals surface area contributed by atoms with E-state index in [9.17, 15) is 9.59 Å². The van der Waals surface area contributed by atoms with Crippen molar-refractivity contribution in [2.45, 2.75) is 38.8 Å². The topological polar surface area (TPSA) is 110 Å². The van der Waals surface area contributed by atoms with Crippen molar-refractivity contribution in [1.29, 1.82) is 0 Å². The van der Waals surface area contributed by atoms with Gasteiger partial charge < -0.3 is 25.5 Å². The third kappa shape index (κ3) is 5.83. The predicted molar refractivity (Wildman–Crippen MR) is 65.2 cm³/mol. The van der Waals surface area contributed by atoms with Crippen LogP contribution in [-0.4, -0.2) is 64.1 Å². The minimum atomic E-state index is -1.18. The van der Waals surface area contributed by atoms with Gasteiger partial charge in [-0.05, 0) is 20.3 Å². The third-order valence-corrected chi connectivity index (χ3v) is 2.45. The van der Waals surface area contributed by atoms with E-state index in [2.05, 4.69) is 5.32 Å². The van der Waals surface area contributed by atoms with Gasteiger partial charge in [0.1, 0.15) is 6.04 Å². The smallest absolute Gasteiger partial charge is 0.326 e. The summed E-state index contributed by atoms with van der Waals surface area (Å²) >= 11 is 0. The van der Waals surface area contributed by atoms with Crippen molar-refractivity contribution in [2.24, 2.45) is 0 Å². The second-order valence-corrected chi connectivity index (χ2v) is 4.22. The predicted octanol–water partition coefficient (Wildman–Crippen LogP) is -0.376. The molecule has 7 heteroatoms. The Hall–Kier alpha value is -1.34. The molecule has 106 valence electrons. The lowest BCUT2D eigenvalue weighted by molar-refractivity contribution is -0.139. The van der Waals surface area contributed by atoms with E-state index < -0.39 is 18.0 Å². The molecule has 1 atom stereocenters. The number of nitrogens with zero attached hydrogens (tertiary/aromatic N) is 1. The Morgan fingerprint density at radius 3 is 2.22 bits per heavy atom. The average molecular weight is 262 g/mol. The van der Waals surface area contributed by atoms with Gasteiger partial charge in [-0.1, -0.05) is 0 Å². The van der Waals surface area contributed by atoms with Gasteiger partial charge in [-0.15, -0.1) is 0 Å². The van der Waals surface area contributed by atoms with Gasteiger partial charge in [0, 0.05) is 32.2 Å². The minimum absolute atomic E-state index is 0.0322. The summed E-state index contributed by atoms with van der Waals surface area (Å²) in [6.07, 6.45) is 0.399. The Labute approximate surface area is 106 Å². The molecule has 0 fully saturated rings. The molecule has 0 rings (SSSR count). The van der Waals surface area contributed by atoms with E-state index in [1.54, 1.807) is 13.8 Å². The first-order valence-corrected chi connectivity index (χ1v) is 5.95. The van der Waals surface area contributed by atoms with Gasteiger partial charge in [0.2, 0.25) is 0 Å². The number of carboxylic acid groups (broad SMARTS) is 1. The van der Waals surface area contributed by atoms with Gasteiger partial charge in [0.15, 0.2) is 0 Å². The van der Waals surface area contributed by atoms with Crippen LogP contribution in [0.25, 0.3) is 0 Å². The van der Waals surface area contributed by atoms with Crippen molar-refractivity contribution in [2.75, 3.05) is 19.8 Å². The van der Waals surface area contributed by atoms with E-state index in [1.807, 2.05) is 0 Å². The molecule has 0 aromatic rings. The van der Waals surface area contributed by atoms with Gasteiger partial charge >= 0.3 is 12.0 Å². The molecule has 0 saturated heterocycles. The summed E-state index contributed by atoms with van der Waals surface area (Å²) in [6, 6.07) is -1.70. The first kappa shape index (κ1) is 16.7. The molecule has 2 amide bonds. The Morgan fingerprint density at radius 1 is 1.22 bits per heavy atom. The SMILES string of the molecule is CC(C)N(CCCO)C(=O)N[C@@H](CCO)C(=O)O. The number of aliphatic carboxylic acids is 1. The summed E-state index contributed by atoms with van der Waals surface area (Å²) in [6.45, 7) is 3.62. The molecule has 0 aliphatic heterocycles. The lowest BCUT2D eigenvalue weighted by atomic mass is 10.2. The first-order valence-electron chi connectivity index (χ1n) is 5.95. The molecule has 7 nitrogen and oxygen atoms in total. The van der Waals surface area contributed by atoms with Crippen LogP contribution in [0.3, 0.4) is 0 Å². The fraction of sp³-hybridized carbons (Fsp3) is 0.818. The summed E-state index contributed by atoms with van der Waals surface area (Å²) in [5, 5.41) is 28.7. The van der Waals surface area contributed by atoms with E-state index >= 15 is 0 Å². The van der Waals surface area contributed by atoms with Crippen molar-refractivity contribution in [3.05, 3.63) is 0 Å². The van der Waals surface area contributed by atoms with Gasteiger partial charge in [0.05, 0.1) is 0 Å². The van der Waals surface area contributed by atoms with Gasteiger partial charge in [-0.3, -0.25) is 0 Å². The van der Waals surface area contributed by atoms with Crippen LogP contribution in [-0.2, 0) is 4.79 Å². The highest BCUT2D eigenvalue weighted by molar-refractivity contribution is 5.82. The summed E-state index contributed by atoms with van der Waals surface area (Å²) in [7, 11) is 0. The largest absolute Gasteiger partial charge is 0.480 e. The van der Waals surface area contributed by atoms with E-state index in [-0.39, 0.29) is 25.7 Å². The highest BCUT2D eigenvalue weighted by atomic mass is 16.4. The molecule has 0 bridgehead atoms. The molecule has 0 radical (unpaired) electrons. The maximum atomic E-state index is 11.9. The van der Waals surface area contributed by atoms with E-state index in [0.717, 1.165) is 0 Å². The quantitative estimate of drug-likeness (QED) is 0.477. The average Bonchev–Trinajstić information content (AvgIpc) is 2.28. The zero-order valence-corrected chi connectivity index (χ0v) is 10.8. The van der Waals surface area contributed by atoms with Crippen LogP contribution in [0.5, 0.6) is 0 Å². The molecule has 0 heterocycles. The van der Waals surface area contributed by atoms with Gasteiger partial charge in [-0.25, -0.2) is 9.59 Å². The number of carboxylic acids is 1. The molecular weight excluding hydrogens is 240 g/mol. The third-order valence-electron chi connectivity index (χ3n) is 2.45. The normalized spacial score (nSPS) is 12.3. The van der Waals surface area contributed by atoms with E-state index in [1.165, 1.54) is 4.90 Å². The standard InChI is InChI=1S/C11H22N2O5/c1-8(2)13(5-3-6-14)11(18)12-9(4-7-15)10(16)17/h8-9,14-15H,3-7H2,1-2H3,(H,12,18)(H,16,17)/t9-/m0/s1. The number of nitrogens with one attached hydrogen (secondary N) is 1. The second-order valence-electron chi connectivity index (χ2n) is 4.22. The number of hydrogen-bond donors (Lipinski definition) is 4. The zero-order chi connectivity index (χ0) is 14.1.